The molecule has 0 aliphatic carbocycles. The van der Waals surface area contributed by atoms with Gasteiger partial charge < -0.3 is 15.2 Å². The zero-order chi connectivity index (χ0) is 31.0. The lowest BCUT2D eigenvalue weighted by Gasteiger charge is -2.20. The summed E-state index contributed by atoms with van der Waals surface area (Å²) in [6, 6.07) is 30.1. The Bertz CT molecular complexity index is 1570. The Morgan fingerprint density at radius 1 is 0.721 bits per heavy atom. The highest BCUT2D eigenvalue weighted by atomic mass is 16.5. The third-order valence-electron chi connectivity index (χ3n) is 7.10. The zero-order valence-corrected chi connectivity index (χ0v) is 24.5. The van der Waals surface area contributed by atoms with Crippen LogP contribution in [0.2, 0.25) is 0 Å². The Labute approximate surface area is 251 Å². The highest BCUT2D eigenvalue weighted by molar-refractivity contribution is 6.06. The second-order valence-corrected chi connectivity index (χ2v) is 11.3. The SMILES string of the molecule is CC(C)(C)c1ccc(C(=O)C(CC(=O)c2ccc(Oc3ccccc3)cc2)c2ccc(C(=O)NCCC(=O)O)cc2)cc1. The molecule has 0 saturated heterocycles. The number of ether oxygens (including phenoxy) is 1. The predicted molar refractivity (Wildman–Crippen MR) is 165 cm³/mol. The summed E-state index contributed by atoms with van der Waals surface area (Å²) >= 11 is 0. The van der Waals surface area contributed by atoms with Crippen molar-refractivity contribution < 1.29 is 29.0 Å². The largest absolute Gasteiger partial charge is 0.481 e. The molecule has 0 spiro atoms. The maximum Gasteiger partial charge on any atom is 0.305 e. The van der Waals surface area contributed by atoms with Crippen LogP contribution in [0.4, 0.5) is 0 Å². The van der Waals surface area contributed by atoms with Crippen molar-refractivity contribution in [3.8, 4) is 11.5 Å². The second-order valence-electron chi connectivity index (χ2n) is 11.3. The van der Waals surface area contributed by atoms with Gasteiger partial charge in [0, 0.05) is 29.7 Å². The van der Waals surface area contributed by atoms with Crippen molar-refractivity contribution in [1.82, 2.24) is 5.32 Å². The summed E-state index contributed by atoms with van der Waals surface area (Å²) in [6.45, 7) is 6.30. The van der Waals surface area contributed by atoms with Gasteiger partial charge in [0.1, 0.15) is 11.5 Å². The number of Topliss-reactive ketones (excluding diaryl/α,β-unsaturated/α-hetero) is 2. The zero-order valence-electron chi connectivity index (χ0n) is 24.5. The van der Waals surface area contributed by atoms with E-state index in [0.29, 0.717) is 33.8 Å². The molecule has 4 aromatic carbocycles. The van der Waals surface area contributed by atoms with E-state index in [2.05, 4.69) is 26.1 Å². The molecule has 0 radical (unpaired) electrons. The molecule has 0 saturated carbocycles. The first-order chi connectivity index (χ1) is 20.5. The van der Waals surface area contributed by atoms with Crippen LogP contribution >= 0.6 is 0 Å². The number of amides is 1. The fraction of sp³-hybridized carbons (Fsp3) is 0.222. The van der Waals surface area contributed by atoms with Crippen molar-refractivity contribution in [1.29, 1.82) is 0 Å². The summed E-state index contributed by atoms with van der Waals surface area (Å²) < 4.78 is 5.83. The molecule has 7 heteroatoms. The number of rotatable bonds is 12. The molecular weight excluding hydrogens is 542 g/mol. The Hall–Kier alpha value is -5.04. The van der Waals surface area contributed by atoms with Crippen LogP contribution in [-0.4, -0.2) is 35.1 Å². The predicted octanol–water partition coefficient (Wildman–Crippen LogP) is 7.22. The molecule has 1 unspecified atom stereocenters. The van der Waals surface area contributed by atoms with E-state index in [0.717, 1.165) is 5.56 Å². The van der Waals surface area contributed by atoms with Gasteiger partial charge in [-0.1, -0.05) is 75.4 Å². The van der Waals surface area contributed by atoms with Crippen LogP contribution in [0.3, 0.4) is 0 Å². The average Bonchev–Trinajstić information content (AvgIpc) is 3.00. The number of benzene rings is 4. The lowest BCUT2D eigenvalue weighted by Crippen LogP contribution is -2.26. The van der Waals surface area contributed by atoms with Crippen molar-refractivity contribution >= 4 is 23.4 Å². The molecule has 0 aliphatic heterocycles. The lowest BCUT2D eigenvalue weighted by atomic mass is 9.83. The molecule has 1 amide bonds. The van der Waals surface area contributed by atoms with Crippen LogP contribution in [0.5, 0.6) is 11.5 Å². The molecule has 4 aromatic rings. The van der Waals surface area contributed by atoms with Gasteiger partial charge in [0.15, 0.2) is 11.6 Å². The summed E-state index contributed by atoms with van der Waals surface area (Å²) in [5, 5.41) is 11.4. The Balaban J connectivity index is 1.56. The molecule has 0 bridgehead atoms. The maximum atomic E-state index is 13.8. The smallest absolute Gasteiger partial charge is 0.305 e. The number of hydrogen-bond acceptors (Lipinski definition) is 5. The minimum atomic E-state index is -1.00. The molecule has 0 aliphatic rings. The van der Waals surface area contributed by atoms with Crippen LogP contribution in [-0.2, 0) is 10.2 Å². The van der Waals surface area contributed by atoms with E-state index in [-0.39, 0.29) is 36.4 Å². The van der Waals surface area contributed by atoms with E-state index < -0.39 is 17.8 Å². The van der Waals surface area contributed by atoms with Gasteiger partial charge in [-0.15, -0.1) is 0 Å². The number of hydrogen-bond donors (Lipinski definition) is 2. The number of carbonyl (C=O) groups is 4. The Morgan fingerprint density at radius 3 is 1.86 bits per heavy atom. The van der Waals surface area contributed by atoms with Crippen molar-refractivity contribution in [2.24, 2.45) is 0 Å². The standard InChI is InChI=1S/C36H35NO6/c1-36(2,3)28-17-13-26(14-18-28)34(41)31(24-9-11-27(12-10-24)35(42)37-22-21-33(39)40)23-32(38)25-15-19-30(20-16-25)43-29-7-5-4-6-8-29/h4-20,31H,21-23H2,1-3H3,(H,37,42)(H,39,40). The fourth-order valence-electron chi connectivity index (χ4n) is 4.59. The molecule has 43 heavy (non-hydrogen) atoms. The number of nitrogens with one attached hydrogen (secondary N) is 1. The summed E-state index contributed by atoms with van der Waals surface area (Å²) in [4.78, 5) is 50.5. The third-order valence-corrected chi connectivity index (χ3v) is 7.10. The molecule has 0 fully saturated rings. The number of carboxylic acid groups (broad SMARTS) is 1. The van der Waals surface area contributed by atoms with E-state index in [1.165, 1.54) is 0 Å². The van der Waals surface area contributed by atoms with E-state index in [1.807, 2.05) is 42.5 Å². The van der Waals surface area contributed by atoms with E-state index in [9.17, 15) is 19.2 Å². The van der Waals surface area contributed by atoms with Crippen molar-refractivity contribution in [2.75, 3.05) is 6.54 Å². The van der Waals surface area contributed by atoms with Gasteiger partial charge in [0.05, 0.1) is 12.3 Å². The highest BCUT2D eigenvalue weighted by Gasteiger charge is 2.26. The van der Waals surface area contributed by atoms with Gasteiger partial charge in [-0.05, 0) is 65.1 Å². The molecule has 4 rings (SSSR count). The lowest BCUT2D eigenvalue weighted by molar-refractivity contribution is -0.136. The van der Waals surface area contributed by atoms with Crippen molar-refractivity contribution in [2.45, 2.75) is 44.9 Å². The number of ketones is 2. The first-order valence-corrected chi connectivity index (χ1v) is 14.1. The topological polar surface area (TPSA) is 110 Å². The minimum absolute atomic E-state index is 0.00523. The monoisotopic (exact) mass is 577 g/mol. The summed E-state index contributed by atoms with van der Waals surface area (Å²) in [6.07, 6.45) is -0.251. The van der Waals surface area contributed by atoms with E-state index >= 15 is 0 Å². The first-order valence-electron chi connectivity index (χ1n) is 14.1. The van der Waals surface area contributed by atoms with Gasteiger partial charge in [0.2, 0.25) is 0 Å². The number of carboxylic acids is 1. The first kappa shape index (κ1) is 30.9. The Kier molecular flexibility index (Phi) is 9.88. The van der Waals surface area contributed by atoms with Crippen LogP contribution in [0.1, 0.15) is 81.7 Å². The molecular formula is C36H35NO6. The molecule has 7 nitrogen and oxygen atoms in total. The van der Waals surface area contributed by atoms with Gasteiger partial charge >= 0.3 is 5.97 Å². The third kappa shape index (κ3) is 8.49. The van der Waals surface area contributed by atoms with E-state index in [1.54, 1.807) is 60.7 Å². The number of para-hydroxylation sites is 1. The van der Waals surface area contributed by atoms with Gasteiger partial charge in [-0.25, -0.2) is 0 Å². The molecule has 1 atom stereocenters. The molecule has 2 N–H and O–H groups in total. The van der Waals surface area contributed by atoms with Crippen LogP contribution < -0.4 is 10.1 Å². The van der Waals surface area contributed by atoms with Crippen LogP contribution in [0.25, 0.3) is 0 Å². The summed E-state index contributed by atoms with van der Waals surface area (Å²) in [5.74, 6) is -1.33. The average molecular weight is 578 g/mol. The summed E-state index contributed by atoms with van der Waals surface area (Å²) in [7, 11) is 0. The minimum Gasteiger partial charge on any atom is -0.481 e. The van der Waals surface area contributed by atoms with Crippen molar-refractivity contribution in [3.05, 3.63) is 131 Å². The highest BCUT2D eigenvalue weighted by Crippen LogP contribution is 2.30. The number of carbonyl (C=O) groups excluding carboxylic acids is 3. The van der Waals surface area contributed by atoms with Crippen LogP contribution in [0.15, 0.2) is 103 Å². The fourth-order valence-corrected chi connectivity index (χ4v) is 4.59. The molecule has 0 heterocycles. The van der Waals surface area contributed by atoms with Gasteiger partial charge in [0.25, 0.3) is 5.91 Å². The van der Waals surface area contributed by atoms with Crippen molar-refractivity contribution in [3.63, 3.8) is 0 Å². The normalized spacial score (nSPS) is 11.8. The quantitative estimate of drug-likeness (QED) is 0.172. The van der Waals surface area contributed by atoms with Gasteiger partial charge in [-0.2, -0.15) is 0 Å². The second kappa shape index (κ2) is 13.7. The molecule has 0 aromatic heterocycles. The Morgan fingerprint density at radius 2 is 1.28 bits per heavy atom. The van der Waals surface area contributed by atoms with Crippen LogP contribution in [0, 0.1) is 0 Å². The van der Waals surface area contributed by atoms with E-state index in [4.69, 9.17) is 9.84 Å². The molecule has 220 valence electrons. The number of aliphatic carboxylic acids is 1. The maximum absolute atomic E-state index is 13.8. The van der Waals surface area contributed by atoms with Gasteiger partial charge in [-0.3, -0.25) is 19.2 Å². The summed E-state index contributed by atoms with van der Waals surface area (Å²) in [5.41, 5.74) is 2.89.